The van der Waals surface area contributed by atoms with Crippen LogP contribution in [0.1, 0.15) is 122 Å². The first kappa shape index (κ1) is 23.2. The fourth-order valence-corrected chi connectivity index (χ4v) is 4.04. The molecule has 0 radical (unpaired) electrons. The molecule has 1 aliphatic rings. The third kappa shape index (κ3) is 9.78. The Labute approximate surface area is 163 Å². The van der Waals surface area contributed by atoms with Gasteiger partial charge >= 0.3 is 5.97 Å². The Morgan fingerprint density at radius 1 is 0.808 bits per heavy atom. The minimum atomic E-state index is -0.211. The molecule has 1 rings (SSSR count). The predicted octanol–water partition coefficient (Wildman–Crippen LogP) is 7.76. The lowest BCUT2D eigenvalue weighted by Crippen LogP contribution is -2.47. The van der Waals surface area contributed by atoms with E-state index in [1.54, 1.807) is 0 Å². The first-order valence-corrected chi connectivity index (χ1v) is 11.5. The van der Waals surface area contributed by atoms with Gasteiger partial charge in [-0.05, 0) is 12.8 Å². The highest BCUT2D eigenvalue weighted by molar-refractivity contribution is 5.82. The van der Waals surface area contributed by atoms with Crippen molar-refractivity contribution in [3.8, 4) is 0 Å². The van der Waals surface area contributed by atoms with E-state index in [1.807, 2.05) is 6.08 Å². The van der Waals surface area contributed by atoms with E-state index in [9.17, 15) is 4.79 Å². The van der Waals surface area contributed by atoms with Gasteiger partial charge in [0.05, 0.1) is 0 Å². The average molecular weight is 365 g/mol. The zero-order chi connectivity index (χ0) is 18.9. The lowest BCUT2D eigenvalue weighted by Gasteiger charge is -2.38. The molecule has 0 aromatic carbocycles. The second-order valence-electron chi connectivity index (χ2n) is 8.40. The Kier molecular flexibility index (Phi) is 13.7. The van der Waals surface area contributed by atoms with E-state index >= 15 is 0 Å². The van der Waals surface area contributed by atoms with Crippen LogP contribution in [-0.2, 0) is 9.53 Å². The molecule has 1 unspecified atom stereocenters. The van der Waals surface area contributed by atoms with Gasteiger partial charge in [0.1, 0.15) is 12.0 Å². The molecule has 1 aliphatic heterocycles. The fraction of sp³-hybridized carbons (Fsp3) is 0.875. The van der Waals surface area contributed by atoms with Crippen LogP contribution in [-0.4, -0.2) is 12.6 Å². The van der Waals surface area contributed by atoms with Crippen LogP contribution in [0.2, 0.25) is 0 Å². The average Bonchev–Trinajstić information content (AvgIpc) is 2.65. The minimum Gasteiger partial charge on any atom is -0.464 e. The normalized spacial score (nSPS) is 19.2. The van der Waals surface area contributed by atoms with Crippen molar-refractivity contribution in [2.24, 2.45) is 5.41 Å². The van der Waals surface area contributed by atoms with E-state index in [2.05, 4.69) is 13.5 Å². The Morgan fingerprint density at radius 3 is 1.54 bits per heavy atom. The molecule has 1 heterocycles. The standard InChI is InChI=1S/C24H44O2/c1-3-5-6-7-8-9-10-11-12-13-14-15-16-17-18-19-21-24(20-4-2)22-26-23(24)25/h4H,2-3,5-22H2,1H3. The smallest absolute Gasteiger partial charge is 0.315 e. The van der Waals surface area contributed by atoms with Gasteiger partial charge in [-0.25, -0.2) is 0 Å². The van der Waals surface area contributed by atoms with Crippen LogP contribution in [0.3, 0.4) is 0 Å². The lowest BCUT2D eigenvalue weighted by molar-refractivity contribution is -0.186. The summed E-state index contributed by atoms with van der Waals surface area (Å²) < 4.78 is 4.99. The van der Waals surface area contributed by atoms with Gasteiger partial charge < -0.3 is 4.74 Å². The van der Waals surface area contributed by atoms with Crippen LogP contribution in [0.15, 0.2) is 12.7 Å². The third-order valence-corrected chi connectivity index (χ3v) is 5.96. The van der Waals surface area contributed by atoms with E-state index in [1.165, 1.54) is 96.3 Å². The minimum absolute atomic E-state index is 0.00152. The Balaban J connectivity index is 1.78. The van der Waals surface area contributed by atoms with Crippen molar-refractivity contribution in [1.82, 2.24) is 0 Å². The maximum Gasteiger partial charge on any atom is 0.315 e. The fourth-order valence-electron chi connectivity index (χ4n) is 4.04. The van der Waals surface area contributed by atoms with Gasteiger partial charge in [0.2, 0.25) is 0 Å². The van der Waals surface area contributed by atoms with Gasteiger partial charge in [-0.15, -0.1) is 6.58 Å². The Hall–Kier alpha value is -0.790. The number of hydrogen-bond donors (Lipinski definition) is 0. The highest BCUT2D eigenvalue weighted by Crippen LogP contribution is 2.38. The largest absolute Gasteiger partial charge is 0.464 e. The summed E-state index contributed by atoms with van der Waals surface area (Å²) in [6, 6.07) is 0. The molecular weight excluding hydrogens is 320 g/mol. The molecule has 0 aromatic rings. The van der Waals surface area contributed by atoms with Crippen molar-refractivity contribution in [2.75, 3.05) is 6.61 Å². The number of cyclic esters (lactones) is 1. The highest BCUT2D eigenvalue weighted by Gasteiger charge is 2.47. The number of rotatable bonds is 19. The second-order valence-corrected chi connectivity index (χ2v) is 8.40. The molecule has 0 spiro atoms. The Morgan fingerprint density at radius 2 is 1.23 bits per heavy atom. The van der Waals surface area contributed by atoms with E-state index < -0.39 is 0 Å². The lowest BCUT2D eigenvalue weighted by atomic mass is 9.77. The molecule has 1 atom stereocenters. The van der Waals surface area contributed by atoms with Crippen LogP contribution < -0.4 is 0 Å². The highest BCUT2D eigenvalue weighted by atomic mass is 16.6. The van der Waals surface area contributed by atoms with Gasteiger partial charge in [-0.2, -0.15) is 0 Å². The van der Waals surface area contributed by atoms with E-state index in [4.69, 9.17) is 4.74 Å². The molecule has 0 aliphatic carbocycles. The Bertz CT molecular complexity index is 363. The van der Waals surface area contributed by atoms with Crippen molar-refractivity contribution in [2.45, 2.75) is 122 Å². The number of carbonyl (C=O) groups excluding carboxylic acids is 1. The number of unbranched alkanes of at least 4 members (excludes halogenated alkanes) is 15. The van der Waals surface area contributed by atoms with Gasteiger partial charge in [0.25, 0.3) is 0 Å². The predicted molar refractivity (Wildman–Crippen MR) is 112 cm³/mol. The number of hydrogen-bond acceptors (Lipinski definition) is 2. The van der Waals surface area contributed by atoms with Crippen LogP contribution >= 0.6 is 0 Å². The van der Waals surface area contributed by atoms with E-state index in [-0.39, 0.29) is 11.4 Å². The summed E-state index contributed by atoms with van der Waals surface area (Å²) in [6.45, 7) is 6.67. The van der Waals surface area contributed by atoms with Crippen molar-refractivity contribution in [1.29, 1.82) is 0 Å². The number of allylic oxidation sites excluding steroid dienone is 1. The van der Waals surface area contributed by atoms with Crippen LogP contribution in [0.4, 0.5) is 0 Å². The molecule has 0 saturated carbocycles. The van der Waals surface area contributed by atoms with Crippen molar-refractivity contribution in [3.05, 3.63) is 12.7 Å². The van der Waals surface area contributed by atoms with Gasteiger partial charge in [-0.3, -0.25) is 4.79 Å². The third-order valence-electron chi connectivity index (χ3n) is 5.96. The molecule has 0 N–H and O–H groups in total. The van der Waals surface area contributed by atoms with Crippen molar-refractivity contribution < 1.29 is 9.53 Å². The second kappa shape index (κ2) is 15.3. The molecule has 152 valence electrons. The summed E-state index contributed by atoms with van der Waals surface area (Å²) in [6.07, 6.45) is 25.8. The summed E-state index contributed by atoms with van der Waals surface area (Å²) in [7, 11) is 0. The molecule has 1 saturated heterocycles. The molecule has 0 aromatic heterocycles. The van der Waals surface area contributed by atoms with Gasteiger partial charge in [-0.1, -0.05) is 116 Å². The molecule has 26 heavy (non-hydrogen) atoms. The molecule has 2 nitrogen and oxygen atoms in total. The maximum absolute atomic E-state index is 11.7. The first-order chi connectivity index (χ1) is 12.7. The van der Waals surface area contributed by atoms with Gasteiger partial charge in [0, 0.05) is 0 Å². The maximum atomic E-state index is 11.7. The van der Waals surface area contributed by atoms with E-state index in [0.717, 1.165) is 19.3 Å². The first-order valence-electron chi connectivity index (χ1n) is 11.5. The molecule has 1 fully saturated rings. The quantitative estimate of drug-likeness (QED) is 0.133. The summed E-state index contributed by atoms with van der Waals surface area (Å²) in [5.74, 6) is -0.00152. The molecule has 2 heteroatoms. The number of ether oxygens (including phenoxy) is 1. The van der Waals surface area contributed by atoms with Gasteiger partial charge in [0.15, 0.2) is 0 Å². The monoisotopic (exact) mass is 364 g/mol. The molecule has 0 amide bonds. The van der Waals surface area contributed by atoms with Crippen molar-refractivity contribution >= 4 is 5.97 Å². The summed E-state index contributed by atoms with van der Waals surface area (Å²) in [5, 5.41) is 0. The number of esters is 1. The summed E-state index contributed by atoms with van der Waals surface area (Å²) in [4.78, 5) is 11.7. The molecular formula is C24H44O2. The van der Waals surface area contributed by atoms with Crippen LogP contribution in [0.5, 0.6) is 0 Å². The zero-order valence-corrected chi connectivity index (χ0v) is 17.5. The number of carbonyl (C=O) groups is 1. The SMILES string of the molecule is C=CCC1(CCCCCCCCCCCCCCCCCC)COC1=O. The zero-order valence-electron chi connectivity index (χ0n) is 17.5. The molecule has 0 bridgehead atoms. The van der Waals surface area contributed by atoms with Crippen LogP contribution in [0, 0.1) is 5.41 Å². The van der Waals surface area contributed by atoms with Crippen LogP contribution in [0.25, 0.3) is 0 Å². The van der Waals surface area contributed by atoms with E-state index in [0.29, 0.717) is 6.61 Å². The van der Waals surface area contributed by atoms with Crippen molar-refractivity contribution in [3.63, 3.8) is 0 Å². The topological polar surface area (TPSA) is 26.3 Å². The summed E-state index contributed by atoms with van der Waals surface area (Å²) >= 11 is 0. The summed E-state index contributed by atoms with van der Waals surface area (Å²) in [5.41, 5.74) is -0.211.